The van der Waals surface area contributed by atoms with Crippen LogP contribution < -0.4 is 0 Å². The third-order valence-corrected chi connectivity index (χ3v) is 5.62. The molecular weight excluding hydrogens is 428 g/mol. The van der Waals surface area contributed by atoms with Crippen molar-refractivity contribution in [3.63, 3.8) is 0 Å². The monoisotopic (exact) mass is 458 g/mol. The molecular formula is C24H31ClN4O3. The van der Waals surface area contributed by atoms with Crippen LogP contribution in [0.3, 0.4) is 0 Å². The number of phenolic OH excluding ortho intramolecular Hbond substituents is 1. The number of aryl methyl sites for hydroxylation is 1. The fourth-order valence-corrected chi connectivity index (χ4v) is 3.67. The Labute approximate surface area is 195 Å². The van der Waals surface area contributed by atoms with E-state index < -0.39 is 0 Å². The molecule has 2 heterocycles. The van der Waals surface area contributed by atoms with Crippen molar-refractivity contribution >= 4 is 29.9 Å². The van der Waals surface area contributed by atoms with Crippen LogP contribution in [0.15, 0.2) is 24.3 Å². The Kier molecular flexibility index (Phi) is 7.35. The molecule has 0 atom stereocenters. The van der Waals surface area contributed by atoms with Gasteiger partial charge < -0.3 is 14.9 Å². The molecule has 3 rings (SSSR count). The minimum absolute atomic E-state index is 0. The van der Waals surface area contributed by atoms with E-state index in [1.807, 2.05) is 39.8 Å². The number of carbonyl (C=O) groups excluding carboxylic acids is 2. The molecule has 7 nitrogen and oxygen atoms in total. The number of Topliss-reactive ketones (excluding diaryl/α,β-unsaturated/α-hetero) is 1. The quantitative estimate of drug-likeness (QED) is 0.664. The van der Waals surface area contributed by atoms with E-state index in [1.165, 1.54) is 11.8 Å². The van der Waals surface area contributed by atoms with Crippen LogP contribution in [0.5, 0.6) is 5.75 Å². The van der Waals surface area contributed by atoms with Crippen molar-refractivity contribution in [1.82, 2.24) is 14.8 Å². The third kappa shape index (κ3) is 5.10. The summed E-state index contributed by atoms with van der Waals surface area (Å²) in [6, 6.07) is 7.24. The van der Waals surface area contributed by atoms with E-state index in [4.69, 9.17) is 5.41 Å². The predicted molar refractivity (Wildman–Crippen MR) is 127 cm³/mol. The molecule has 1 aliphatic rings. The molecule has 0 saturated carbocycles. The summed E-state index contributed by atoms with van der Waals surface area (Å²) in [5.41, 5.74) is 3.66. The number of ketones is 1. The van der Waals surface area contributed by atoms with Crippen molar-refractivity contribution < 1.29 is 14.7 Å². The highest BCUT2D eigenvalue weighted by molar-refractivity contribution is 6.04. The number of nitrogens with zero attached hydrogens (tertiary/aromatic N) is 3. The Morgan fingerprint density at radius 1 is 1.25 bits per heavy atom. The maximum absolute atomic E-state index is 13.2. The minimum atomic E-state index is -0.387. The molecule has 2 aromatic rings. The van der Waals surface area contributed by atoms with Gasteiger partial charge in [0.2, 0.25) is 5.91 Å². The number of pyridine rings is 1. The molecule has 0 bridgehead atoms. The first-order valence-electron chi connectivity index (χ1n) is 10.3. The fraction of sp³-hybridized carbons (Fsp3) is 0.417. The summed E-state index contributed by atoms with van der Waals surface area (Å²) in [7, 11) is 1.66. The summed E-state index contributed by atoms with van der Waals surface area (Å²) in [6.07, 6.45) is 0. The van der Waals surface area contributed by atoms with Crippen molar-refractivity contribution in [3.05, 3.63) is 57.9 Å². The number of halogens is 1. The Balaban J connectivity index is 0.00000363. The lowest BCUT2D eigenvalue weighted by Gasteiger charge is -2.25. The van der Waals surface area contributed by atoms with Gasteiger partial charge in [0.15, 0.2) is 5.78 Å². The van der Waals surface area contributed by atoms with Gasteiger partial charge in [-0.2, -0.15) is 0 Å². The lowest BCUT2D eigenvalue weighted by molar-refractivity contribution is -0.128. The van der Waals surface area contributed by atoms with Gasteiger partial charge in [0.1, 0.15) is 17.3 Å². The summed E-state index contributed by atoms with van der Waals surface area (Å²) < 4.78 is 0. The van der Waals surface area contributed by atoms with Crippen LogP contribution in [0.2, 0.25) is 0 Å². The van der Waals surface area contributed by atoms with Crippen LogP contribution >= 0.6 is 12.4 Å². The van der Waals surface area contributed by atoms with E-state index >= 15 is 0 Å². The Bertz CT molecular complexity index is 1080. The maximum Gasteiger partial charge on any atom is 0.219 e. The van der Waals surface area contributed by atoms with Gasteiger partial charge in [-0.1, -0.05) is 26.8 Å². The van der Waals surface area contributed by atoms with E-state index in [1.54, 1.807) is 24.1 Å². The number of hydrogen-bond donors (Lipinski definition) is 2. The molecule has 0 radical (unpaired) electrons. The van der Waals surface area contributed by atoms with Gasteiger partial charge in [-0.05, 0) is 30.5 Å². The number of rotatable bonds is 5. The molecule has 32 heavy (non-hydrogen) atoms. The number of benzene rings is 1. The number of amides is 1. The highest BCUT2D eigenvalue weighted by atomic mass is 35.5. The Morgan fingerprint density at radius 3 is 2.50 bits per heavy atom. The van der Waals surface area contributed by atoms with E-state index in [0.717, 1.165) is 11.3 Å². The van der Waals surface area contributed by atoms with Crippen molar-refractivity contribution in [2.24, 2.45) is 0 Å². The van der Waals surface area contributed by atoms with Crippen molar-refractivity contribution in [3.8, 4) is 5.75 Å². The van der Waals surface area contributed by atoms with Crippen LogP contribution in [0, 0.1) is 12.3 Å². The van der Waals surface area contributed by atoms with Crippen molar-refractivity contribution in [2.45, 2.75) is 53.1 Å². The molecule has 0 unspecified atom stereocenters. The van der Waals surface area contributed by atoms with Crippen LogP contribution in [-0.2, 0) is 23.3 Å². The standard InChI is InChI=1S/C24H30N4O3.ClH/c1-14-7-8-16-12-28(23(25)21(16)26-14)13-20(30)17-9-18(11-27(6)15(2)29)22(31)19(10-17)24(3,4)5;/h7-10,25,31H,11-13H2,1-6H3;1H. The predicted octanol–water partition coefficient (Wildman–Crippen LogP) is 3.82. The highest BCUT2D eigenvalue weighted by Gasteiger charge is 2.29. The van der Waals surface area contributed by atoms with Gasteiger partial charge in [-0.15, -0.1) is 12.4 Å². The number of hydrogen-bond acceptors (Lipinski definition) is 5. The van der Waals surface area contributed by atoms with E-state index in [2.05, 4.69) is 4.98 Å². The van der Waals surface area contributed by atoms with Crippen LogP contribution in [0.4, 0.5) is 0 Å². The summed E-state index contributed by atoms with van der Waals surface area (Å²) in [6.45, 7) is 9.97. The molecule has 1 amide bonds. The van der Waals surface area contributed by atoms with Gasteiger partial charge in [0.05, 0.1) is 6.54 Å². The number of aromatic hydroxyl groups is 1. The van der Waals surface area contributed by atoms with Gasteiger partial charge in [-0.25, -0.2) is 4.98 Å². The molecule has 1 aromatic heterocycles. The Morgan fingerprint density at radius 2 is 1.91 bits per heavy atom. The number of aromatic nitrogens is 1. The molecule has 0 aliphatic carbocycles. The number of fused-ring (bicyclic) bond motifs is 1. The molecule has 172 valence electrons. The SMILES string of the molecule is CC(=O)N(C)Cc1cc(C(=O)CN2Cc3ccc(C)nc3C2=N)cc(C(C)(C)C)c1O.Cl. The average molecular weight is 459 g/mol. The van der Waals surface area contributed by atoms with Crippen LogP contribution in [-0.4, -0.2) is 51.0 Å². The minimum Gasteiger partial charge on any atom is -0.507 e. The lowest BCUT2D eigenvalue weighted by atomic mass is 9.83. The van der Waals surface area contributed by atoms with Crippen molar-refractivity contribution in [1.29, 1.82) is 5.41 Å². The largest absolute Gasteiger partial charge is 0.507 e. The number of amidine groups is 1. The van der Waals surface area contributed by atoms with Crippen molar-refractivity contribution in [2.75, 3.05) is 13.6 Å². The summed E-state index contributed by atoms with van der Waals surface area (Å²) in [5.74, 6) is 0.0857. The second-order valence-corrected chi connectivity index (χ2v) is 9.24. The van der Waals surface area contributed by atoms with E-state index in [9.17, 15) is 14.7 Å². The first-order chi connectivity index (χ1) is 14.4. The second-order valence-electron chi connectivity index (χ2n) is 9.24. The Hall–Kier alpha value is -2.93. The zero-order valence-electron chi connectivity index (χ0n) is 19.4. The second kappa shape index (κ2) is 9.28. The normalized spacial score (nSPS) is 12.9. The topological polar surface area (TPSA) is 97.6 Å². The molecule has 0 fully saturated rings. The lowest BCUT2D eigenvalue weighted by Crippen LogP contribution is -2.31. The first-order valence-corrected chi connectivity index (χ1v) is 10.3. The van der Waals surface area contributed by atoms with Gasteiger partial charge in [0.25, 0.3) is 0 Å². The molecule has 8 heteroatoms. The molecule has 2 N–H and O–H groups in total. The van der Waals surface area contributed by atoms with Crippen LogP contribution in [0.1, 0.15) is 66.1 Å². The van der Waals surface area contributed by atoms with Gasteiger partial charge in [-0.3, -0.25) is 15.0 Å². The number of carbonyl (C=O) groups is 2. The van der Waals surface area contributed by atoms with E-state index in [-0.39, 0.29) is 54.2 Å². The van der Waals surface area contributed by atoms with Crippen LogP contribution in [0.25, 0.3) is 0 Å². The molecule has 0 spiro atoms. The fourth-order valence-electron chi connectivity index (χ4n) is 3.67. The first kappa shape index (κ1) is 25.3. The summed E-state index contributed by atoms with van der Waals surface area (Å²) in [5, 5.41) is 19.3. The number of nitrogens with one attached hydrogen (secondary N) is 1. The smallest absolute Gasteiger partial charge is 0.219 e. The van der Waals surface area contributed by atoms with E-state index in [0.29, 0.717) is 28.9 Å². The third-order valence-electron chi connectivity index (χ3n) is 5.62. The highest BCUT2D eigenvalue weighted by Crippen LogP contribution is 2.35. The van der Waals surface area contributed by atoms with Gasteiger partial charge in [0, 0.05) is 55.0 Å². The summed E-state index contributed by atoms with van der Waals surface area (Å²) >= 11 is 0. The zero-order chi connectivity index (χ0) is 23.1. The maximum atomic E-state index is 13.2. The molecule has 1 aromatic carbocycles. The molecule has 0 saturated heterocycles. The zero-order valence-corrected chi connectivity index (χ0v) is 20.3. The van der Waals surface area contributed by atoms with Gasteiger partial charge >= 0.3 is 0 Å². The number of phenols is 1. The molecule has 1 aliphatic heterocycles. The summed E-state index contributed by atoms with van der Waals surface area (Å²) in [4.78, 5) is 32.6. The average Bonchev–Trinajstić information content (AvgIpc) is 2.97.